The lowest BCUT2D eigenvalue weighted by Crippen LogP contribution is -2.31. The first-order valence-electron chi connectivity index (χ1n) is 9.96. The molecular weight excluding hydrogens is 448 g/mol. The molecule has 1 aromatic rings. The summed E-state index contributed by atoms with van der Waals surface area (Å²) < 4.78 is 14.8. The molecule has 1 aromatic carbocycles. The van der Waals surface area contributed by atoms with Gasteiger partial charge in [-0.1, -0.05) is 31.9 Å². The van der Waals surface area contributed by atoms with Crippen molar-refractivity contribution in [3.05, 3.63) is 50.1 Å². The van der Waals surface area contributed by atoms with Crippen LogP contribution in [0.1, 0.15) is 49.4 Å². The van der Waals surface area contributed by atoms with Crippen molar-refractivity contribution in [2.45, 2.75) is 45.1 Å². The minimum absolute atomic E-state index is 0.0485. The van der Waals surface area contributed by atoms with Crippen LogP contribution >= 0.6 is 0 Å². The third-order valence-corrected chi connectivity index (χ3v) is 3.93. The van der Waals surface area contributed by atoms with Gasteiger partial charge in [0.05, 0.1) is 13.2 Å². The fraction of sp³-hybridized carbons (Fsp3) is 0.526. The fourth-order valence-electron chi connectivity index (χ4n) is 2.38. The Morgan fingerprint density at radius 3 is 2.33 bits per heavy atom. The van der Waals surface area contributed by atoms with E-state index in [1.165, 1.54) is 24.3 Å². The predicted molar refractivity (Wildman–Crippen MR) is 107 cm³/mol. The lowest BCUT2D eigenvalue weighted by Gasteiger charge is -2.15. The highest BCUT2D eigenvalue weighted by atomic mass is 17.0. The molecule has 0 aliphatic carbocycles. The first kappa shape index (κ1) is 27.1. The molecule has 0 saturated carbocycles. The van der Waals surface area contributed by atoms with Crippen LogP contribution in [0.3, 0.4) is 0 Å². The molecule has 182 valence electrons. The molecular formula is C19H24N2O12. The highest BCUT2D eigenvalue weighted by Crippen LogP contribution is 2.21. The van der Waals surface area contributed by atoms with Gasteiger partial charge in [0, 0.05) is 0 Å². The van der Waals surface area contributed by atoms with Crippen LogP contribution in [0.15, 0.2) is 24.3 Å². The van der Waals surface area contributed by atoms with Gasteiger partial charge in [-0.2, -0.15) is 0 Å². The molecule has 0 heterocycles. The molecule has 1 unspecified atom stereocenters. The van der Waals surface area contributed by atoms with Crippen LogP contribution in [0.4, 0.5) is 0 Å². The molecule has 0 radical (unpaired) electrons. The molecule has 0 fully saturated rings. The first-order valence-corrected chi connectivity index (χ1v) is 9.96. The maximum atomic E-state index is 12.3. The standard InChI is InChI=1S/C19H24N2O12/c1-2-3-9-16(33-21(27)28)19(24)32-15-10-5-4-8-14(15)18(23)30-13-17(22)29-11-6-7-12-31-20(25)26/h4-5,8,10,16H,2-3,6-7,9,11-13H2,1H3. The molecule has 1 rings (SSSR count). The molecule has 0 N–H and O–H groups in total. The monoisotopic (exact) mass is 472 g/mol. The average molecular weight is 472 g/mol. The number of esters is 3. The topological polar surface area (TPSA) is 184 Å². The molecule has 14 heteroatoms. The Hall–Kier alpha value is -3.97. The summed E-state index contributed by atoms with van der Waals surface area (Å²) in [6.45, 7) is 0.911. The van der Waals surface area contributed by atoms with E-state index in [-0.39, 0.29) is 37.4 Å². The Balaban J connectivity index is 2.59. The smallest absolute Gasteiger partial charge is 0.344 e. The Morgan fingerprint density at radius 1 is 0.970 bits per heavy atom. The van der Waals surface area contributed by atoms with Crippen molar-refractivity contribution in [2.75, 3.05) is 19.8 Å². The van der Waals surface area contributed by atoms with E-state index >= 15 is 0 Å². The van der Waals surface area contributed by atoms with Gasteiger partial charge < -0.3 is 19.0 Å². The summed E-state index contributed by atoms with van der Waals surface area (Å²) in [5, 5.41) is 18.6. The van der Waals surface area contributed by atoms with E-state index in [1.807, 2.05) is 6.92 Å². The number of nitrogens with zero attached hydrogens (tertiary/aromatic N) is 2. The summed E-state index contributed by atoms with van der Waals surface area (Å²) in [7, 11) is 0. The number of rotatable bonds is 16. The number of hydrogen-bond acceptors (Lipinski definition) is 12. The number of carbonyl (C=O) groups is 3. The Morgan fingerprint density at radius 2 is 1.67 bits per heavy atom. The summed E-state index contributed by atoms with van der Waals surface area (Å²) in [6, 6.07) is 5.48. The van der Waals surface area contributed by atoms with Gasteiger partial charge in [0.25, 0.3) is 10.2 Å². The van der Waals surface area contributed by atoms with Gasteiger partial charge in [-0.3, -0.25) is 4.84 Å². The van der Waals surface area contributed by atoms with Gasteiger partial charge in [0.1, 0.15) is 11.3 Å². The molecule has 1 atom stereocenters. The second-order valence-corrected chi connectivity index (χ2v) is 6.44. The highest BCUT2D eigenvalue weighted by molar-refractivity contribution is 5.94. The Bertz CT molecular complexity index is 829. The van der Waals surface area contributed by atoms with E-state index in [1.54, 1.807) is 0 Å². The van der Waals surface area contributed by atoms with Crippen LogP contribution in [-0.2, 0) is 28.7 Å². The number of para-hydroxylation sites is 1. The van der Waals surface area contributed by atoms with Crippen LogP contribution < -0.4 is 4.74 Å². The van der Waals surface area contributed by atoms with E-state index < -0.39 is 40.8 Å². The second kappa shape index (κ2) is 14.9. The molecule has 0 amide bonds. The summed E-state index contributed by atoms with van der Waals surface area (Å²) in [4.78, 5) is 65.4. The molecule has 33 heavy (non-hydrogen) atoms. The third kappa shape index (κ3) is 11.3. The van der Waals surface area contributed by atoms with Crippen LogP contribution in [0.5, 0.6) is 5.75 Å². The second-order valence-electron chi connectivity index (χ2n) is 6.44. The number of unbranched alkanes of at least 4 members (excludes halogenated alkanes) is 2. The maximum absolute atomic E-state index is 12.3. The molecule has 0 bridgehead atoms. The minimum atomic E-state index is -1.46. The zero-order valence-electron chi connectivity index (χ0n) is 17.8. The SMILES string of the molecule is CCCCC(O[N+](=O)[O-])C(=O)Oc1ccccc1C(=O)OCC(=O)OCCCCO[N+](=O)[O-]. The zero-order valence-corrected chi connectivity index (χ0v) is 17.8. The van der Waals surface area contributed by atoms with Crippen LogP contribution in [0, 0.1) is 20.2 Å². The van der Waals surface area contributed by atoms with Gasteiger partial charge >= 0.3 is 17.9 Å². The lowest BCUT2D eigenvalue weighted by atomic mass is 10.1. The normalized spacial score (nSPS) is 11.1. The van der Waals surface area contributed by atoms with E-state index in [0.29, 0.717) is 19.3 Å². The Labute approximate surface area is 187 Å². The number of hydrogen-bond donors (Lipinski definition) is 0. The predicted octanol–water partition coefficient (Wildman–Crippen LogP) is 2.05. The molecule has 0 aliphatic rings. The number of ether oxygens (including phenoxy) is 3. The summed E-state index contributed by atoms with van der Waals surface area (Å²) in [5.74, 6) is -3.12. The van der Waals surface area contributed by atoms with Crippen molar-refractivity contribution in [2.24, 2.45) is 0 Å². The fourth-order valence-corrected chi connectivity index (χ4v) is 2.38. The van der Waals surface area contributed by atoms with Crippen LogP contribution in [0.25, 0.3) is 0 Å². The van der Waals surface area contributed by atoms with Gasteiger partial charge in [-0.25, -0.2) is 14.4 Å². The van der Waals surface area contributed by atoms with Gasteiger partial charge in [-0.15, -0.1) is 20.2 Å². The average Bonchev–Trinajstić information content (AvgIpc) is 2.77. The van der Waals surface area contributed by atoms with Crippen molar-refractivity contribution in [1.29, 1.82) is 0 Å². The molecule has 0 spiro atoms. The van der Waals surface area contributed by atoms with E-state index in [0.717, 1.165) is 0 Å². The minimum Gasteiger partial charge on any atom is -0.463 e. The lowest BCUT2D eigenvalue weighted by molar-refractivity contribution is -0.765. The zero-order chi connectivity index (χ0) is 24.6. The number of carbonyl (C=O) groups excluding carboxylic acids is 3. The quantitative estimate of drug-likeness (QED) is 0.112. The summed E-state index contributed by atoms with van der Waals surface area (Å²) in [6.07, 6.45) is 0.310. The van der Waals surface area contributed by atoms with Gasteiger partial charge in [-0.05, 0) is 31.4 Å². The van der Waals surface area contributed by atoms with Gasteiger partial charge in [0.15, 0.2) is 6.61 Å². The van der Waals surface area contributed by atoms with E-state index in [9.17, 15) is 34.6 Å². The van der Waals surface area contributed by atoms with Gasteiger partial charge in [0.2, 0.25) is 6.10 Å². The molecule has 0 saturated heterocycles. The molecule has 0 aliphatic heterocycles. The van der Waals surface area contributed by atoms with E-state index in [4.69, 9.17) is 14.2 Å². The molecule has 14 nitrogen and oxygen atoms in total. The maximum Gasteiger partial charge on any atom is 0.344 e. The third-order valence-electron chi connectivity index (χ3n) is 3.93. The van der Waals surface area contributed by atoms with Crippen LogP contribution in [0.2, 0.25) is 0 Å². The molecule has 0 aromatic heterocycles. The van der Waals surface area contributed by atoms with Crippen molar-refractivity contribution >= 4 is 17.9 Å². The number of benzene rings is 1. The Kier molecular flexibility index (Phi) is 12.2. The summed E-state index contributed by atoms with van der Waals surface area (Å²) in [5.41, 5.74) is -0.189. The first-order chi connectivity index (χ1) is 15.7. The van der Waals surface area contributed by atoms with Crippen molar-refractivity contribution in [3.63, 3.8) is 0 Å². The van der Waals surface area contributed by atoms with Crippen molar-refractivity contribution in [3.8, 4) is 5.75 Å². The van der Waals surface area contributed by atoms with Crippen LogP contribution in [-0.4, -0.2) is 54.0 Å². The van der Waals surface area contributed by atoms with E-state index in [2.05, 4.69) is 9.68 Å². The largest absolute Gasteiger partial charge is 0.463 e. The van der Waals surface area contributed by atoms with Crippen molar-refractivity contribution < 1.29 is 48.4 Å². The highest BCUT2D eigenvalue weighted by Gasteiger charge is 2.26. The summed E-state index contributed by atoms with van der Waals surface area (Å²) >= 11 is 0. The van der Waals surface area contributed by atoms with Crippen molar-refractivity contribution in [1.82, 2.24) is 0 Å².